The van der Waals surface area contributed by atoms with Crippen LogP contribution in [-0.2, 0) is 6.54 Å². The van der Waals surface area contributed by atoms with E-state index in [9.17, 15) is 9.90 Å². The van der Waals surface area contributed by atoms with Gasteiger partial charge in [0.05, 0.1) is 12.6 Å². The van der Waals surface area contributed by atoms with Gasteiger partial charge in [0.25, 0.3) is 5.56 Å². The van der Waals surface area contributed by atoms with Gasteiger partial charge in [-0.15, -0.1) is 0 Å². The molecule has 7 heteroatoms. The second kappa shape index (κ2) is 5.13. The highest BCUT2D eigenvalue weighted by molar-refractivity contribution is 7.16. The minimum atomic E-state index is -0.382. The Hall–Kier alpha value is -1.31. The average molecular weight is 268 g/mol. The number of aliphatic hydroxyl groups is 1. The summed E-state index contributed by atoms with van der Waals surface area (Å²) in [5.74, 6) is 0. The normalized spacial score (nSPS) is 13.4. The Balaban J connectivity index is 2.25. The highest BCUT2D eigenvalue weighted by Gasteiger charge is 2.10. The van der Waals surface area contributed by atoms with Crippen LogP contribution in [0.1, 0.15) is 17.6 Å². The van der Waals surface area contributed by atoms with E-state index in [0.29, 0.717) is 23.7 Å². The van der Waals surface area contributed by atoms with Crippen LogP contribution >= 0.6 is 11.3 Å². The molecule has 2 heterocycles. The van der Waals surface area contributed by atoms with E-state index in [1.165, 1.54) is 21.9 Å². The first kappa shape index (κ1) is 13.1. The molecule has 2 rings (SSSR count). The minimum Gasteiger partial charge on any atom is -0.392 e. The van der Waals surface area contributed by atoms with Crippen LogP contribution in [0, 0.1) is 6.92 Å². The van der Waals surface area contributed by atoms with Crippen LogP contribution in [0.4, 0.5) is 0 Å². The zero-order valence-corrected chi connectivity index (χ0v) is 11.4. The van der Waals surface area contributed by atoms with E-state index < -0.39 is 0 Å². The molecule has 1 atom stereocenters. The van der Waals surface area contributed by atoms with E-state index in [-0.39, 0.29) is 11.7 Å². The third kappa shape index (κ3) is 2.92. The van der Waals surface area contributed by atoms with Gasteiger partial charge < -0.3 is 5.11 Å². The number of likely N-dealkylation sites (N-methyl/N-ethyl adjacent to an activating group) is 1. The number of aromatic nitrogens is 3. The first-order chi connectivity index (χ1) is 8.45. The van der Waals surface area contributed by atoms with Gasteiger partial charge in [0.1, 0.15) is 5.01 Å². The third-order valence-electron chi connectivity index (χ3n) is 2.40. The maximum atomic E-state index is 11.7. The lowest BCUT2D eigenvalue weighted by Gasteiger charge is -2.15. The molecule has 0 saturated heterocycles. The predicted molar refractivity (Wildman–Crippen MR) is 69.9 cm³/mol. The first-order valence-corrected chi connectivity index (χ1v) is 6.50. The maximum absolute atomic E-state index is 11.7. The lowest BCUT2D eigenvalue weighted by Crippen LogP contribution is -2.26. The van der Waals surface area contributed by atoms with Crippen molar-refractivity contribution in [2.24, 2.45) is 0 Å². The largest absolute Gasteiger partial charge is 0.392 e. The minimum absolute atomic E-state index is 0.154. The number of aliphatic hydroxyl groups excluding tert-OH is 1. The smallest absolute Gasteiger partial charge is 0.275 e. The average Bonchev–Trinajstić information content (AvgIpc) is 2.58. The Kier molecular flexibility index (Phi) is 3.74. The SMILES string of the molecule is Cc1cc(=O)n2nc(CN(C)CC(C)O)sc2n1. The van der Waals surface area contributed by atoms with Crippen molar-refractivity contribution in [1.29, 1.82) is 0 Å². The Morgan fingerprint density at radius 1 is 1.61 bits per heavy atom. The molecule has 18 heavy (non-hydrogen) atoms. The highest BCUT2D eigenvalue weighted by Crippen LogP contribution is 2.13. The number of nitrogens with zero attached hydrogens (tertiary/aromatic N) is 4. The zero-order valence-electron chi connectivity index (χ0n) is 10.6. The molecule has 0 spiro atoms. The summed E-state index contributed by atoms with van der Waals surface area (Å²) < 4.78 is 1.32. The molecule has 2 aromatic rings. The second-order valence-corrected chi connectivity index (χ2v) is 5.51. The van der Waals surface area contributed by atoms with Crippen LogP contribution in [-0.4, -0.2) is 44.3 Å². The lowest BCUT2D eigenvalue weighted by molar-refractivity contribution is 0.138. The summed E-state index contributed by atoms with van der Waals surface area (Å²) in [6.07, 6.45) is -0.382. The molecule has 2 aromatic heterocycles. The molecule has 98 valence electrons. The number of fused-ring (bicyclic) bond motifs is 1. The van der Waals surface area contributed by atoms with Crippen molar-refractivity contribution in [3.8, 4) is 0 Å². The monoisotopic (exact) mass is 268 g/mol. The highest BCUT2D eigenvalue weighted by atomic mass is 32.1. The van der Waals surface area contributed by atoms with Crippen LogP contribution < -0.4 is 5.56 Å². The maximum Gasteiger partial charge on any atom is 0.275 e. The molecule has 0 amide bonds. The number of rotatable bonds is 4. The van der Waals surface area contributed by atoms with Gasteiger partial charge in [0, 0.05) is 18.3 Å². The Morgan fingerprint density at radius 3 is 3.00 bits per heavy atom. The standard InChI is InChI=1S/C11H16N4O2S/c1-7-4-10(17)15-11(12-7)18-9(13-15)6-14(3)5-8(2)16/h4,8,16H,5-6H2,1-3H3. The summed E-state index contributed by atoms with van der Waals surface area (Å²) in [5, 5.41) is 14.3. The van der Waals surface area contributed by atoms with E-state index >= 15 is 0 Å². The van der Waals surface area contributed by atoms with E-state index in [4.69, 9.17) is 0 Å². The lowest BCUT2D eigenvalue weighted by atomic mass is 10.4. The van der Waals surface area contributed by atoms with Crippen LogP contribution in [0.15, 0.2) is 10.9 Å². The van der Waals surface area contributed by atoms with Gasteiger partial charge in [-0.2, -0.15) is 9.61 Å². The Labute approximate surface area is 109 Å². The van der Waals surface area contributed by atoms with Crippen molar-refractivity contribution in [1.82, 2.24) is 19.5 Å². The first-order valence-electron chi connectivity index (χ1n) is 5.68. The van der Waals surface area contributed by atoms with Crippen LogP contribution in [0.25, 0.3) is 4.96 Å². The van der Waals surface area contributed by atoms with Gasteiger partial charge in [0.15, 0.2) is 0 Å². The molecule has 0 aliphatic heterocycles. The summed E-state index contributed by atoms with van der Waals surface area (Å²) in [4.78, 5) is 18.5. The van der Waals surface area contributed by atoms with Crippen molar-refractivity contribution in [3.63, 3.8) is 0 Å². The molecule has 1 unspecified atom stereocenters. The summed E-state index contributed by atoms with van der Waals surface area (Å²) >= 11 is 1.40. The van der Waals surface area contributed by atoms with Crippen molar-refractivity contribution in [2.45, 2.75) is 26.5 Å². The molecule has 6 nitrogen and oxygen atoms in total. The van der Waals surface area contributed by atoms with Crippen LogP contribution in [0.2, 0.25) is 0 Å². The summed E-state index contributed by atoms with van der Waals surface area (Å²) in [5.41, 5.74) is 0.547. The van der Waals surface area contributed by atoms with Gasteiger partial charge in [-0.25, -0.2) is 4.98 Å². The van der Waals surface area contributed by atoms with E-state index in [1.807, 2.05) is 11.9 Å². The Morgan fingerprint density at radius 2 is 2.33 bits per heavy atom. The van der Waals surface area contributed by atoms with Gasteiger partial charge in [-0.1, -0.05) is 11.3 Å². The van der Waals surface area contributed by atoms with Crippen LogP contribution in [0.5, 0.6) is 0 Å². The number of hydrogen-bond donors (Lipinski definition) is 1. The fourth-order valence-electron chi connectivity index (χ4n) is 1.77. The molecule has 0 aliphatic carbocycles. The molecule has 0 fully saturated rings. The number of hydrogen-bond acceptors (Lipinski definition) is 6. The third-order valence-corrected chi connectivity index (χ3v) is 3.29. The summed E-state index contributed by atoms with van der Waals surface area (Å²) in [6.45, 7) is 4.69. The summed E-state index contributed by atoms with van der Waals surface area (Å²) in [7, 11) is 1.90. The molecule has 0 radical (unpaired) electrons. The van der Waals surface area contributed by atoms with E-state index in [2.05, 4.69) is 10.1 Å². The predicted octanol–water partition coefficient (Wildman–Crippen LogP) is 0.272. The van der Waals surface area contributed by atoms with Gasteiger partial charge in [-0.05, 0) is 20.9 Å². The van der Waals surface area contributed by atoms with E-state index in [1.54, 1.807) is 13.8 Å². The fraction of sp³-hybridized carbons (Fsp3) is 0.545. The summed E-state index contributed by atoms with van der Waals surface area (Å²) in [6, 6.07) is 1.47. The quantitative estimate of drug-likeness (QED) is 0.862. The molecule has 1 N–H and O–H groups in total. The molecule has 0 saturated carbocycles. The topological polar surface area (TPSA) is 70.7 Å². The second-order valence-electron chi connectivity index (χ2n) is 4.47. The van der Waals surface area contributed by atoms with Gasteiger partial charge in [-0.3, -0.25) is 9.69 Å². The van der Waals surface area contributed by atoms with E-state index in [0.717, 1.165) is 5.01 Å². The molecule has 0 aliphatic rings. The fourth-order valence-corrected chi connectivity index (χ4v) is 2.80. The molecular weight excluding hydrogens is 252 g/mol. The van der Waals surface area contributed by atoms with Gasteiger partial charge >= 0.3 is 0 Å². The Bertz CT molecular complexity index is 605. The van der Waals surface area contributed by atoms with Gasteiger partial charge in [0.2, 0.25) is 4.96 Å². The molecule has 0 bridgehead atoms. The van der Waals surface area contributed by atoms with Crippen LogP contribution in [0.3, 0.4) is 0 Å². The number of aryl methyl sites for hydroxylation is 1. The zero-order chi connectivity index (χ0) is 13.3. The van der Waals surface area contributed by atoms with Crippen molar-refractivity contribution in [3.05, 3.63) is 27.1 Å². The molecule has 0 aromatic carbocycles. The molecular formula is C11H16N4O2S. The van der Waals surface area contributed by atoms with Crippen molar-refractivity contribution < 1.29 is 5.11 Å². The van der Waals surface area contributed by atoms with Crippen molar-refractivity contribution in [2.75, 3.05) is 13.6 Å². The van der Waals surface area contributed by atoms with Crippen molar-refractivity contribution >= 4 is 16.3 Å².